The fourth-order valence-corrected chi connectivity index (χ4v) is 2.21. The van der Waals surface area contributed by atoms with E-state index in [0.717, 1.165) is 37.1 Å². The van der Waals surface area contributed by atoms with Crippen molar-refractivity contribution in [3.05, 3.63) is 53.1 Å². The first-order chi connectivity index (χ1) is 11.6. The minimum Gasteiger partial charge on any atom is -0.354 e. The van der Waals surface area contributed by atoms with Crippen molar-refractivity contribution in [1.82, 2.24) is 15.3 Å². The highest BCUT2D eigenvalue weighted by molar-refractivity contribution is 5.92. The number of aromatic nitrogens is 2. The Labute approximate surface area is 141 Å². The number of carbonyl (C=O) groups is 1. The predicted molar refractivity (Wildman–Crippen MR) is 92.4 cm³/mol. The van der Waals surface area contributed by atoms with Gasteiger partial charge in [0.05, 0.1) is 0 Å². The zero-order valence-corrected chi connectivity index (χ0v) is 14.1. The van der Waals surface area contributed by atoms with E-state index in [1.807, 2.05) is 6.92 Å². The molecule has 0 aliphatic heterocycles. The van der Waals surface area contributed by atoms with Gasteiger partial charge in [0.25, 0.3) is 5.91 Å². The molecule has 1 aromatic carbocycles. The highest BCUT2D eigenvalue weighted by atomic mass is 19.1. The molecular formula is C18H23FN4O. The van der Waals surface area contributed by atoms with Crippen LogP contribution in [0.2, 0.25) is 0 Å². The Morgan fingerprint density at radius 1 is 1.17 bits per heavy atom. The van der Waals surface area contributed by atoms with E-state index < -0.39 is 0 Å². The molecule has 1 amide bonds. The minimum absolute atomic E-state index is 0.276. The van der Waals surface area contributed by atoms with Crippen molar-refractivity contribution in [2.75, 3.05) is 11.9 Å². The Bertz CT molecular complexity index is 673. The maximum atomic E-state index is 12.9. The van der Waals surface area contributed by atoms with Crippen LogP contribution in [0.25, 0.3) is 0 Å². The number of hydrogen-bond acceptors (Lipinski definition) is 4. The van der Waals surface area contributed by atoms with E-state index in [-0.39, 0.29) is 11.7 Å². The summed E-state index contributed by atoms with van der Waals surface area (Å²) in [6.07, 6.45) is 3.33. The third kappa shape index (κ3) is 5.61. The van der Waals surface area contributed by atoms with E-state index in [2.05, 4.69) is 27.5 Å². The van der Waals surface area contributed by atoms with E-state index in [0.29, 0.717) is 18.2 Å². The molecule has 2 N–H and O–H groups in total. The number of unbranched alkanes of at least 4 members (excludes halogenated alkanes) is 2. The highest BCUT2D eigenvalue weighted by Crippen LogP contribution is 2.07. The summed E-state index contributed by atoms with van der Waals surface area (Å²) < 4.78 is 12.9. The van der Waals surface area contributed by atoms with Gasteiger partial charge < -0.3 is 10.6 Å². The number of halogens is 1. The van der Waals surface area contributed by atoms with Gasteiger partial charge >= 0.3 is 0 Å². The number of benzene rings is 1. The van der Waals surface area contributed by atoms with Crippen molar-refractivity contribution in [3.63, 3.8) is 0 Å². The number of carbonyl (C=O) groups excluding carboxylic acids is 1. The standard InChI is InChI=1S/C18H23FN4O/c1-3-4-5-10-20-18-22-13(2)11-16(23-18)17(24)21-12-14-6-8-15(19)9-7-14/h6-9,11H,3-5,10,12H2,1-2H3,(H,21,24)(H,20,22,23). The zero-order valence-electron chi connectivity index (χ0n) is 14.1. The topological polar surface area (TPSA) is 66.9 Å². The highest BCUT2D eigenvalue weighted by Gasteiger charge is 2.10. The lowest BCUT2D eigenvalue weighted by atomic mass is 10.2. The molecule has 0 atom stereocenters. The molecule has 128 valence electrons. The molecule has 0 spiro atoms. The molecule has 5 nitrogen and oxygen atoms in total. The van der Waals surface area contributed by atoms with E-state index in [1.54, 1.807) is 18.2 Å². The van der Waals surface area contributed by atoms with Crippen molar-refractivity contribution >= 4 is 11.9 Å². The first-order valence-corrected chi connectivity index (χ1v) is 8.20. The van der Waals surface area contributed by atoms with Crippen LogP contribution >= 0.6 is 0 Å². The minimum atomic E-state index is -0.296. The number of anilines is 1. The molecule has 1 aromatic heterocycles. The van der Waals surface area contributed by atoms with Gasteiger partial charge in [0.2, 0.25) is 5.95 Å². The molecule has 0 unspecified atom stereocenters. The summed E-state index contributed by atoms with van der Waals surface area (Å²) in [7, 11) is 0. The molecule has 0 aliphatic rings. The molecule has 0 aliphatic carbocycles. The van der Waals surface area contributed by atoms with Crippen LogP contribution in [0.5, 0.6) is 0 Å². The van der Waals surface area contributed by atoms with Crippen molar-refractivity contribution in [2.24, 2.45) is 0 Å². The largest absolute Gasteiger partial charge is 0.354 e. The second kappa shape index (κ2) is 8.96. The smallest absolute Gasteiger partial charge is 0.270 e. The molecule has 0 fully saturated rings. The summed E-state index contributed by atoms with van der Waals surface area (Å²) in [5, 5.41) is 5.94. The summed E-state index contributed by atoms with van der Waals surface area (Å²) in [5.41, 5.74) is 1.88. The summed E-state index contributed by atoms with van der Waals surface area (Å²) in [4.78, 5) is 20.8. The summed E-state index contributed by atoms with van der Waals surface area (Å²) >= 11 is 0. The third-order valence-electron chi connectivity index (χ3n) is 3.52. The van der Waals surface area contributed by atoms with Crippen LogP contribution in [0.3, 0.4) is 0 Å². The van der Waals surface area contributed by atoms with Crippen molar-refractivity contribution in [2.45, 2.75) is 39.7 Å². The predicted octanol–water partition coefficient (Wildman–Crippen LogP) is 3.46. The summed E-state index contributed by atoms with van der Waals surface area (Å²) in [6, 6.07) is 7.67. The molecule has 0 saturated heterocycles. The summed E-state index contributed by atoms with van der Waals surface area (Å²) in [5.74, 6) is -0.102. The molecule has 2 rings (SSSR count). The van der Waals surface area contributed by atoms with Crippen LogP contribution in [0.1, 0.15) is 47.9 Å². The first kappa shape index (κ1) is 17.8. The van der Waals surface area contributed by atoms with Crippen LogP contribution in [0.15, 0.2) is 30.3 Å². The molecule has 24 heavy (non-hydrogen) atoms. The average Bonchev–Trinajstić information content (AvgIpc) is 2.57. The van der Waals surface area contributed by atoms with Gasteiger partial charge in [0, 0.05) is 18.8 Å². The quantitative estimate of drug-likeness (QED) is 0.728. The molecule has 0 saturated carbocycles. The second-order valence-corrected chi connectivity index (χ2v) is 5.66. The van der Waals surface area contributed by atoms with E-state index in [9.17, 15) is 9.18 Å². The second-order valence-electron chi connectivity index (χ2n) is 5.66. The van der Waals surface area contributed by atoms with Crippen LogP contribution in [0.4, 0.5) is 10.3 Å². The Morgan fingerprint density at radius 2 is 1.92 bits per heavy atom. The number of aryl methyl sites for hydroxylation is 1. The van der Waals surface area contributed by atoms with Crippen molar-refractivity contribution < 1.29 is 9.18 Å². The van der Waals surface area contributed by atoms with Gasteiger partial charge in [-0.3, -0.25) is 4.79 Å². The Morgan fingerprint density at radius 3 is 2.62 bits per heavy atom. The van der Waals surface area contributed by atoms with Gasteiger partial charge in [-0.25, -0.2) is 14.4 Å². The lowest BCUT2D eigenvalue weighted by Crippen LogP contribution is -2.24. The van der Waals surface area contributed by atoms with E-state index in [1.165, 1.54) is 12.1 Å². The molecule has 1 heterocycles. The fraction of sp³-hybridized carbons (Fsp3) is 0.389. The van der Waals surface area contributed by atoms with Crippen LogP contribution < -0.4 is 10.6 Å². The van der Waals surface area contributed by atoms with Crippen LogP contribution in [0, 0.1) is 12.7 Å². The SMILES string of the molecule is CCCCCNc1nc(C)cc(C(=O)NCc2ccc(F)cc2)n1. The molecule has 6 heteroatoms. The van der Waals surface area contributed by atoms with Crippen LogP contribution in [-0.2, 0) is 6.54 Å². The number of hydrogen-bond donors (Lipinski definition) is 2. The lowest BCUT2D eigenvalue weighted by Gasteiger charge is -2.09. The van der Waals surface area contributed by atoms with Crippen LogP contribution in [-0.4, -0.2) is 22.4 Å². The first-order valence-electron chi connectivity index (χ1n) is 8.20. The molecule has 2 aromatic rings. The monoisotopic (exact) mass is 330 g/mol. The number of amides is 1. The third-order valence-corrected chi connectivity index (χ3v) is 3.52. The normalized spacial score (nSPS) is 10.5. The molecule has 0 radical (unpaired) electrons. The van der Waals surface area contributed by atoms with Crippen molar-refractivity contribution in [1.29, 1.82) is 0 Å². The number of nitrogens with one attached hydrogen (secondary N) is 2. The Kier molecular flexibility index (Phi) is 6.66. The average molecular weight is 330 g/mol. The fourth-order valence-electron chi connectivity index (χ4n) is 2.21. The molecule has 0 bridgehead atoms. The van der Waals surface area contributed by atoms with Gasteiger partial charge in [-0.1, -0.05) is 31.9 Å². The van der Waals surface area contributed by atoms with Gasteiger partial charge in [-0.2, -0.15) is 0 Å². The van der Waals surface area contributed by atoms with Crippen molar-refractivity contribution in [3.8, 4) is 0 Å². The Balaban J connectivity index is 1.95. The van der Waals surface area contributed by atoms with Gasteiger partial charge in [0.1, 0.15) is 11.5 Å². The van der Waals surface area contributed by atoms with E-state index >= 15 is 0 Å². The number of nitrogens with zero attached hydrogens (tertiary/aromatic N) is 2. The molecular weight excluding hydrogens is 307 g/mol. The zero-order chi connectivity index (χ0) is 17.4. The number of rotatable bonds is 8. The maximum Gasteiger partial charge on any atom is 0.270 e. The maximum absolute atomic E-state index is 12.9. The Hall–Kier alpha value is -2.50. The lowest BCUT2D eigenvalue weighted by molar-refractivity contribution is 0.0945. The van der Waals surface area contributed by atoms with Gasteiger partial charge in [0.15, 0.2) is 0 Å². The summed E-state index contributed by atoms with van der Waals surface area (Å²) in [6.45, 7) is 5.08. The van der Waals surface area contributed by atoms with E-state index in [4.69, 9.17) is 0 Å². The van der Waals surface area contributed by atoms with Gasteiger partial charge in [-0.05, 0) is 37.1 Å². The van der Waals surface area contributed by atoms with Gasteiger partial charge in [-0.15, -0.1) is 0 Å².